The van der Waals surface area contributed by atoms with Crippen LogP contribution in [-0.4, -0.2) is 35.4 Å². The molecule has 0 saturated carbocycles. The molecule has 116 valence electrons. The smallest absolute Gasteiger partial charge is 0.241 e. The molecule has 0 aromatic heterocycles. The summed E-state index contributed by atoms with van der Waals surface area (Å²) >= 11 is 1.84. The molecule has 1 aromatic carbocycles. The highest BCUT2D eigenvalue weighted by molar-refractivity contribution is 7.98. The first-order valence-corrected chi connectivity index (χ1v) is 9.17. The number of hydrogen-bond donors (Lipinski definition) is 1. The maximum absolute atomic E-state index is 12.7. The van der Waals surface area contributed by atoms with Crippen LogP contribution in [0.4, 0.5) is 0 Å². The molecule has 3 atom stereocenters. The summed E-state index contributed by atoms with van der Waals surface area (Å²) < 4.78 is 0. The van der Waals surface area contributed by atoms with Gasteiger partial charge >= 0.3 is 0 Å². The van der Waals surface area contributed by atoms with E-state index < -0.39 is 0 Å². The fourth-order valence-electron chi connectivity index (χ4n) is 2.95. The highest BCUT2D eigenvalue weighted by Crippen LogP contribution is 2.28. The minimum Gasteiger partial charge on any atom is -0.321 e. The van der Waals surface area contributed by atoms with Crippen molar-refractivity contribution in [3.63, 3.8) is 0 Å². The van der Waals surface area contributed by atoms with E-state index in [4.69, 9.17) is 0 Å². The van der Waals surface area contributed by atoms with Crippen molar-refractivity contribution >= 4 is 17.7 Å². The number of thioether (sulfide) groups is 1. The number of carbonyl (C=O) groups is 1. The Bertz CT molecular complexity index is 451. The van der Waals surface area contributed by atoms with E-state index in [-0.39, 0.29) is 18.1 Å². The van der Waals surface area contributed by atoms with E-state index in [2.05, 4.69) is 37.6 Å². The zero-order valence-corrected chi connectivity index (χ0v) is 14.0. The van der Waals surface area contributed by atoms with E-state index in [0.29, 0.717) is 5.92 Å². The molecule has 1 saturated heterocycles. The van der Waals surface area contributed by atoms with Crippen molar-refractivity contribution in [1.29, 1.82) is 0 Å². The first kappa shape index (κ1) is 16.4. The number of nitrogens with one attached hydrogen (secondary N) is 1. The molecule has 2 rings (SSSR count). The van der Waals surface area contributed by atoms with Crippen molar-refractivity contribution in [2.75, 3.05) is 18.6 Å². The number of benzene rings is 1. The SMILES string of the molecule is CCCC1NC(c2ccccc2)N(CC(C)CSC)C1=O. The molecule has 3 unspecified atom stereocenters. The van der Waals surface area contributed by atoms with Crippen LogP contribution in [0.5, 0.6) is 0 Å². The van der Waals surface area contributed by atoms with Gasteiger partial charge in [0, 0.05) is 6.54 Å². The van der Waals surface area contributed by atoms with Crippen LogP contribution in [-0.2, 0) is 4.79 Å². The number of hydrogen-bond acceptors (Lipinski definition) is 3. The third kappa shape index (κ3) is 4.01. The van der Waals surface area contributed by atoms with Gasteiger partial charge in [-0.05, 0) is 29.9 Å². The zero-order valence-electron chi connectivity index (χ0n) is 13.2. The highest BCUT2D eigenvalue weighted by atomic mass is 32.2. The molecule has 4 heteroatoms. The van der Waals surface area contributed by atoms with Gasteiger partial charge in [0.05, 0.1) is 6.04 Å². The van der Waals surface area contributed by atoms with Gasteiger partial charge in [0.15, 0.2) is 0 Å². The summed E-state index contributed by atoms with van der Waals surface area (Å²) in [6.07, 6.45) is 4.09. The van der Waals surface area contributed by atoms with Crippen LogP contribution in [0.1, 0.15) is 38.4 Å². The number of carbonyl (C=O) groups excluding carboxylic acids is 1. The maximum atomic E-state index is 12.7. The first-order valence-electron chi connectivity index (χ1n) is 7.77. The molecule has 1 N–H and O–H groups in total. The van der Waals surface area contributed by atoms with Crippen molar-refractivity contribution in [1.82, 2.24) is 10.2 Å². The Morgan fingerprint density at radius 1 is 1.33 bits per heavy atom. The lowest BCUT2D eigenvalue weighted by Gasteiger charge is -2.27. The Hall–Kier alpha value is -1.00. The minimum absolute atomic E-state index is 0.0262. The molecule has 1 aromatic rings. The summed E-state index contributed by atoms with van der Waals surface area (Å²) in [6, 6.07) is 10.3. The van der Waals surface area contributed by atoms with E-state index in [9.17, 15) is 4.79 Å². The average Bonchev–Trinajstić information content (AvgIpc) is 2.78. The standard InChI is InChI=1S/C17H26N2OS/c1-4-8-15-17(20)19(11-13(2)12-21-3)16(18-15)14-9-6-5-7-10-14/h5-7,9-10,13,15-16,18H,4,8,11-12H2,1-3H3. The normalized spacial score (nSPS) is 23.6. The summed E-state index contributed by atoms with van der Waals surface area (Å²) in [5.41, 5.74) is 1.18. The molecule has 0 radical (unpaired) electrons. The third-order valence-corrected chi connectivity index (χ3v) is 4.81. The average molecular weight is 306 g/mol. The van der Waals surface area contributed by atoms with Crippen molar-refractivity contribution in [2.24, 2.45) is 5.92 Å². The second kappa shape index (κ2) is 7.85. The van der Waals surface area contributed by atoms with Crippen LogP contribution in [0.2, 0.25) is 0 Å². The molecule has 1 fully saturated rings. The van der Waals surface area contributed by atoms with Crippen LogP contribution < -0.4 is 5.32 Å². The molecule has 0 spiro atoms. The van der Waals surface area contributed by atoms with E-state index >= 15 is 0 Å². The number of amides is 1. The summed E-state index contributed by atoms with van der Waals surface area (Å²) in [5, 5.41) is 3.53. The molecular formula is C17H26N2OS. The fraction of sp³-hybridized carbons (Fsp3) is 0.588. The molecule has 1 amide bonds. The van der Waals surface area contributed by atoms with Crippen molar-refractivity contribution in [3.05, 3.63) is 35.9 Å². The van der Waals surface area contributed by atoms with Crippen LogP contribution in [0.25, 0.3) is 0 Å². The number of nitrogens with zero attached hydrogens (tertiary/aromatic N) is 1. The zero-order chi connectivity index (χ0) is 15.2. The molecular weight excluding hydrogens is 280 g/mol. The quantitative estimate of drug-likeness (QED) is 0.839. The van der Waals surface area contributed by atoms with Crippen LogP contribution >= 0.6 is 11.8 Å². The third-order valence-electron chi connectivity index (χ3n) is 3.90. The predicted octanol–water partition coefficient (Wildman–Crippen LogP) is 3.28. The van der Waals surface area contributed by atoms with Gasteiger partial charge in [-0.2, -0.15) is 11.8 Å². The number of rotatable bonds is 7. The van der Waals surface area contributed by atoms with Crippen LogP contribution in [0.15, 0.2) is 30.3 Å². The van der Waals surface area contributed by atoms with Gasteiger partial charge in [-0.15, -0.1) is 0 Å². The Balaban J connectivity index is 2.17. The van der Waals surface area contributed by atoms with Crippen molar-refractivity contribution in [2.45, 2.75) is 38.9 Å². The second-order valence-corrected chi connectivity index (χ2v) is 6.78. The van der Waals surface area contributed by atoms with Gasteiger partial charge in [0.2, 0.25) is 5.91 Å². The lowest BCUT2D eigenvalue weighted by atomic mass is 10.1. The molecule has 0 bridgehead atoms. The topological polar surface area (TPSA) is 32.3 Å². The lowest BCUT2D eigenvalue weighted by Crippen LogP contribution is -2.35. The lowest BCUT2D eigenvalue weighted by molar-refractivity contribution is -0.130. The first-order chi connectivity index (χ1) is 10.2. The predicted molar refractivity (Wildman–Crippen MR) is 90.3 cm³/mol. The van der Waals surface area contributed by atoms with E-state index in [1.54, 1.807) is 0 Å². The van der Waals surface area contributed by atoms with E-state index in [1.165, 1.54) is 5.56 Å². The Morgan fingerprint density at radius 2 is 2.05 bits per heavy atom. The largest absolute Gasteiger partial charge is 0.321 e. The monoisotopic (exact) mass is 306 g/mol. The molecule has 1 aliphatic heterocycles. The van der Waals surface area contributed by atoms with E-state index in [0.717, 1.165) is 25.1 Å². The fourth-order valence-corrected chi connectivity index (χ4v) is 3.63. The summed E-state index contributed by atoms with van der Waals surface area (Å²) in [4.78, 5) is 14.7. The van der Waals surface area contributed by atoms with Crippen molar-refractivity contribution < 1.29 is 4.79 Å². The van der Waals surface area contributed by atoms with Gasteiger partial charge in [-0.1, -0.05) is 50.6 Å². The second-order valence-electron chi connectivity index (χ2n) is 5.87. The molecule has 21 heavy (non-hydrogen) atoms. The van der Waals surface area contributed by atoms with Gasteiger partial charge in [0.25, 0.3) is 0 Å². The Labute approximate surface area is 132 Å². The van der Waals surface area contributed by atoms with Crippen molar-refractivity contribution in [3.8, 4) is 0 Å². The van der Waals surface area contributed by atoms with Gasteiger partial charge < -0.3 is 4.90 Å². The summed E-state index contributed by atoms with van der Waals surface area (Å²) in [7, 11) is 0. The van der Waals surface area contributed by atoms with Gasteiger partial charge in [-0.25, -0.2) is 0 Å². The van der Waals surface area contributed by atoms with E-state index in [1.807, 2.05) is 34.9 Å². The van der Waals surface area contributed by atoms with Gasteiger partial charge in [0.1, 0.15) is 6.17 Å². The van der Waals surface area contributed by atoms with Crippen LogP contribution in [0, 0.1) is 5.92 Å². The molecule has 1 aliphatic rings. The highest BCUT2D eigenvalue weighted by Gasteiger charge is 2.39. The molecule has 1 heterocycles. The van der Waals surface area contributed by atoms with Gasteiger partial charge in [-0.3, -0.25) is 10.1 Å². The molecule has 3 nitrogen and oxygen atoms in total. The summed E-state index contributed by atoms with van der Waals surface area (Å²) in [6.45, 7) is 5.18. The Kier molecular flexibility index (Phi) is 6.12. The molecule has 0 aliphatic carbocycles. The minimum atomic E-state index is -0.0262. The van der Waals surface area contributed by atoms with Crippen LogP contribution in [0.3, 0.4) is 0 Å². The summed E-state index contributed by atoms with van der Waals surface area (Å²) in [5.74, 6) is 1.86. The maximum Gasteiger partial charge on any atom is 0.241 e. The Morgan fingerprint density at radius 3 is 2.67 bits per heavy atom.